The van der Waals surface area contributed by atoms with Gasteiger partial charge in [0.25, 0.3) is 0 Å². The Hall–Kier alpha value is -2.23. The van der Waals surface area contributed by atoms with Gasteiger partial charge in [-0.3, -0.25) is 0 Å². The van der Waals surface area contributed by atoms with E-state index in [9.17, 15) is 145 Å². The summed E-state index contributed by atoms with van der Waals surface area (Å²) < 4.78 is 413. The SMILES string of the molecule is C[N+]1(CCCC(F)(F)C(F)(F)C(F)(F)C(F)(F)C(F)(F)C(F)(F)C(F)(F)C(F)(F)F)CCCC1.O=S(=O)([O-])C(F)(F)C(F)(F)C(F)(F)C(F)(F)C(F)(F)C(F)(F)F. The molecular weight excluding hydrogens is 928 g/mol. The van der Waals surface area contributed by atoms with Crippen molar-refractivity contribution in [3.05, 3.63) is 0 Å². The molecule has 344 valence electrons. The van der Waals surface area contributed by atoms with Gasteiger partial charge in [0.2, 0.25) is 0 Å². The van der Waals surface area contributed by atoms with Crippen LogP contribution in [0.25, 0.3) is 0 Å². The summed E-state index contributed by atoms with van der Waals surface area (Å²) in [6, 6.07) is 0. The summed E-state index contributed by atoms with van der Waals surface area (Å²) in [5, 5.41) is -7.63. The van der Waals surface area contributed by atoms with Crippen LogP contribution < -0.4 is 0 Å². The van der Waals surface area contributed by atoms with Crippen LogP contribution in [0.2, 0.25) is 0 Å². The molecule has 0 radical (unpaired) electrons. The highest BCUT2D eigenvalue weighted by Crippen LogP contribution is 2.65. The van der Waals surface area contributed by atoms with Crippen LogP contribution >= 0.6 is 0 Å². The lowest BCUT2D eigenvalue weighted by atomic mass is 9.88. The fraction of sp³-hybridized carbons (Fsp3) is 1.00. The van der Waals surface area contributed by atoms with Crippen molar-refractivity contribution >= 4 is 10.1 Å². The highest BCUT2D eigenvalue weighted by molar-refractivity contribution is 7.86. The van der Waals surface area contributed by atoms with Crippen molar-refractivity contribution in [2.45, 2.75) is 108 Å². The normalized spacial score (nSPS) is 18.4. The van der Waals surface area contributed by atoms with Crippen LogP contribution in [0.5, 0.6) is 0 Å². The van der Waals surface area contributed by atoms with Gasteiger partial charge in [-0.05, 0) is 0 Å². The lowest BCUT2D eigenvalue weighted by molar-refractivity contribution is -0.898. The summed E-state index contributed by atoms with van der Waals surface area (Å²) in [4.78, 5) is 0. The first-order chi connectivity index (χ1) is 24.2. The minimum atomic E-state index is -8.57. The van der Waals surface area contributed by atoms with Crippen LogP contribution in [0.3, 0.4) is 0 Å². The Morgan fingerprint density at radius 1 is 0.421 bits per heavy atom. The Balaban J connectivity index is 0.00000119. The summed E-state index contributed by atoms with van der Waals surface area (Å²) >= 11 is 0. The monoisotopic (exact) mass is 945 g/mol. The van der Waals surface area contributed by atoms with E-state index >= 15 is 0 Å². The van der Waals surface area contributed by atoms with E-state index in [1.807, 2.05) is 0 Å². The van der Waals surface area contributed by atoms with Crippen molar-refractivity contribution in [2.24, 2.45) is 0 Å². The molecule has 0 aromatic carbocycles. The minimum Gasteiger partial charge on any atom is -0.743 e. The molecule has 0 spiro atoms. The Bertz CT molecular complexity index is 1510. The maximum atomic E-state index is 13.8. The van der Waals surface area contributed by atoms with E-state index < -0.39 is 106 Å². The average molecular weight is 945 g/mol. The quantitative estimate of drug-likeness (QED) is 0.0934. The van der Waals surface area contributed by atoms with Gasteiger partial charge in [0, 0.05) is 25.7 Å². The van der Waals surface area contributed by atoms with Gasteiger partial charge in [0.15, 0.2) is 10.1 Å². The van der Waals surface area contributed by atoms with Gasteiger partial charge >= 0.3 is 82.8 Å². The molecule has 1 fully saturated rings. The summed E-state index contributed by atoms with van der Waals surface area (Å²) in [5.74, 6) is -88.3. The summed E-state index contributed by atoms with van der Waals surface area (Å²) in [7, 11) is -6.42. The van der Waals surface area contributed by atoms with Crippen molar-refractivity contribution in [1.82, 2.24) is 0 Å². The molecule has 4 nitrogen and oxygen atoms in total. The molecule has 0 saturated carbocycles. The molecule has 0 bridgehead atoms. The number of quaternary nitrogens is 1. The molecule has 1 aliphatic rings. The summed E-state index contributed by atoms with van der Waals surface area (Å²) in [6.45, 7) is 0.287. The lowest BCUT2D eigenvalue weighted by Gasteiger charge is -2.43. The van der Waals surface area contributed by atoms with Gasteiger partial charge < -0.3 is 9.04 Å². The predicted molar refractivity (Wildman–Crippen MR) is 120 cm³/mol. The van der Waals surface area contributed by atoms with E-state index in [2.05, 4.69) is 0 Å². The van der Waals surface area contributed by atoms with E-state index in [1.54, 1.807) is 0 Å². The molecule has 0 aliphatic carbocycles. The number of nitrogens with zero attached hydrogens (tertiary/aromatic N) is 1. The number of alkyl halides is 30. The van der Waals surface area contributed by atoms with Gasteiger partial charge in [-0.25, -0.2) is 8.42 Å². The molecule has 0 atom stereocenters. The molecule has 57 heavy (non-hydrogen) atoms. The molecule has 1 heterocycles. The van der Waals surface area contributed by atoms with Crippen molar-refractivity contribution in [1.29, 1.82) is 0 Å². The second kappa shape index (κ2) is 14.7. The average Bonchev–Trinajstić information content (AvgIpc) is 3.40. The Morgan fingerprint density at radius 2 is 0.667 bits per heavy atom. The maximum absolute atomic E-state index is 13.8. The van der Waals surface area contributed by atoms with Crippen LogP contribution in [0.1, 0.15) is 25.7 Å². The van der Waals surface area contributed by atoms with Crippen molar-refractivity contribution in [3.63, 3.8) is 0 Å². The molecule has 0 N–H and O–H groups in total. The van der Waals surface area contributed by atoms with Crippen molar-refractivity contribution in [2.75, 3.05) is 26.7 Å². The molecule has 1 aliphatic heterocycles. The predicted octanol–water partition coefficient (Wildman–Crippen LogP) is 10.2. The first-order valence-corrected chi connectivity index (χ1v) is 15.0. The fourth-order valence-electron chi connectivity index (χ4n) is 4.27. The summed E-state index contributed by atoms with van der Waals surface area (Å²) in [6.07, 6.45) is -17.6. The van der Waals surface area contributed by atoms with Gasteiger partial charge in [-0.2, -0.15) is 132 Å². The Kier molecular flexibility index (Phi) is 14.2. The van der Waals surface area contributed by atoms with Crippen LogP contribution in [0.4, 0.5) is 132 Å². The van der Waals surface area contributed by atoms with Crippen LogP contribution in [-0.2, 0) is 10.1 Å². The Labute approximate surface area is 295 Å². The van der Waals surface area contributed by atoms with E-state index in [4.69, 9.17) is 0 Å². The van der Waals surface area contributed by atoms with E-state index in [-0.39, 0.29) is 11.0 Å². The van der Waals surface area contributed by atoms with E-state index in [1.165, 1.54) is 7.05 Å². The van der Waals surface area contributed by atoms with Crippen LogP contribution in [-0.4, -0.2) is 127 Å². The zero-order chi connectivity index (χ0) is 46.9. The van der Waals surface area contributed by atoms with Gasteiger partial charge in [-0.15, -0.1) is 0 Å². The van der Waals surface area contributed by atoms with Crippen molar-refractivity contribution < 1.29 is 149 Å². The highest BCUT2D eigenvalue weighted by atomic mass is 32.2. The number of hydrogen-bond acceptors (Lipinski definition) is 3. The molecule has 1 rings (SSSR count). The zero-order valence-corrected chi connectivity index (χ0v) is 27.2. The molecule has 1 saturated heterocycles. The first-order valence-electron chi connectivity index (χ1n) is 13.6. The third kappa shape index (κ3) is 8.30. The lowest BCUT2D eigenvalue weighted by Crippen LogP contribution is -2.74. The van der Waals surface area contributed by atoms with Gasteiger partial charge in [0.05, 0.1) is 26.7 Å². The first kappa shape index (κ1) is 54.8. The number of likely N-dealkylation sites (tertiary alicyclic amines) is 1. The molecule has 0 aromatic heterocycles. The van der Waals surface area contributed by atoms with E-state index in [0.29, 0.717) is 25.9 Å². The standard InChI is InChI=1S/C16H17F17N.C6HF13O3S/c1-34(6-2-3-7-34)8-4-5-9(17,18)10(19,20)11(21,22)12(23,24)13(25,26)14(27,28)15(29,30)16(31,32)33;7-1(8,3(11,12)5(15,16)17)2(9,10)4(13,14)6(18,19)23(20,21)22/h2-8H2,1H3;(H,20,21,22)/q+1;/p-1. The minimum absolute atomic E-state index is 0.0228. The molecule has 0 unspecified atom stereocenters. The third-order valence-electron chi connectivity index (χ3n) is 7.84. The maximum Gasteiger partial charge on any atom is 0.460 e. The van der Waals surface area contributed by atoms with Gasteiger partial charge in [-0.1, -0.05) is 0 Å². The van der Waals surface area contributed by atoms with Crippen LogP contribution in [0.15, 0.2) is 0 Å². The highest BCUT2D eigenvalue weighted by Gasteiger charge is 2.95. The second-order valence-electron chi connectivity index (χ2n) is 12.0. The van der Waals surface area contributed by atoms with E-state index in [0.717, 1.165) is 0 Å². The molecule has 0 amide bonds. The molecular formula is C22H17F30NO3S. The smallest absolute Gasteiger partial charge is 0.460 e. The number of rotatable bonds is 15. The topological polar surface area (TPSA) is 57.2 Å². The number of halogens is 30. The second-order valence-corrected chi connectivity index (χ2v) is 13.4. The zero-order valence-electron chi connectivity index (χ0n) is 26.4. The molecule has 35 heteroatoms. The van der Waals surface area contributed by atoms with Gasteiger partial charge in [0.1, 0.15) is 0 Å². The third-order valence-corrected chi connectivity index (χ3v) is 8.72. The Morgan fingerprint density at radius 3 is 0.930 bits per heavy atom. The van der Waals surface area contributed by atoms with Crippen molar-refractivity contribution in [3.8, 4) is 0 Å². The fourth-order valence-corrected chi connectivity index (χ4v) is 4.71. The number of hydrogen-bond donors (Lipinski definition) is 0. The largest absolute Gasteiger partial charge is 0.743 e. The molecule has 0 aromatic rings. The van der Waals surface area contributed by atoms with Crippen LogP contribution in [0, 0.1) is 0 Å². The summed E-state index contributed by atoms with van der Waals surface area (Å²) in [5.41, 5.74) is 0.